The van der Waals surface area contributed by atoms with Crippen molar-refractivity contribution in [2.24, 2.45) is 0 Å². The Hall–Kier alpha value is -3.31. The summed E-state index contributed by atoms with van der Waals surface area (Å²) < 4.78 is 11.2. The molecule has 4 aromatic rings. The Morgan fingerprint density at radius 2 is 1.41 bits per heavy atom. The predicted octanol–water partition coefficient (Wildman–Crippen LogP) is 6.24. The molecular weight excluding hydrogens is 380 g/mol. The van der Waals surface area contributed by atoms with Crippen molar-refractivity contribution in [1.29, 1.82) is 0 Å². The van der Waals surface area contributed by atoms with Gasteiger partial charge in [-0.05, 0) is 29.8 Å². The molecule has 5 heteroatoms. The average molecular weight is 401 g/mol. The summed E-state index contributed by atoms with van der Waals surface area (Å²) in [5.74, 6) is 2.78. The van der Waals surface area contributed by atoms with Gasteiger partial charge in [0, 0.05) is 17.4 Å². The molecule has 0 N–H and O–H groups in total. The fraction of sp³-hybridized carbons (Fsp3) is 0.0833. The van der Waals surface area contributed by atoms with E-state index in [0.717, 1.165) is 22.8 Å². The Balaban J connectivity index is 1.62. The van der Waals surface area contributed by atoms with E-state index in [9.17, 15) is 0 Å². The van der Waals surface area contributed by atoms with Crippen molar-refractivity contribution in [1.82, 2.24) is 9.97 Å². The molecule has 0 unspecified atom stereocenters. The maximum absolute atomic E-state index is 6.01. The first-order valence-corrected chi connectivity index (χ1v) is 10.2. The lowest BCUT2D eigenvalue weighted by Crippen LogP contribution is -1.96. The molecular formula is C24H20N2O2S. The van der Waals surface area contributed by atoms with Gasteiger partial charge >= 0.3 is 0 Å². The van der Waals surface area contributed by atoms with Crippen molar-refractivity contribution in [2.75, 3.05) is 7.11 Å². The Labute approximate surface area is 174 Å². The summed E-state index contributed by atoms with van der Waals surface area (Å²) in [4.78, 5) is 9.35. The van der Waals surface area contributed by atoms with E-state index in [1.807, 2.05) is 78.9 Å². The number of nitrogens with zero attached hydrogens (tertiary/aromatic N) is 2. The molecule has 0 fully saturated rings. The van der Waals surface area contributed by atoms with Gasteiger partial charge in [-0.2, -0.15) is 4.98 Å². The maximum atomic E-state index is 6.01. The fourth-order valence-corrected chi connectivity index (χ4v) is 3.57. The lowest BCUT2D eigenvalue weighted by molar-refractivity contribution is 0.412. The minimum absolute atomic E-state index is 0.514. The second-order valence-corrected chi connectivity index (χ2v) is 7.23. The molecule has 0 atom stereocenters. The number of benzene rings is 3. The van der Waals surface area contributed by atoms with Gasteiger partial charge in [0.1, 0.15) is 11.5 Å². The molecule has 1 aromatic heterocycles. The highest BCUT2D eigenvalue weighted by atomic mass is 32.2. The molecule has 0 amide bonds. The monoisotopic (exact) mass is 400 g/mol. The van der Waals surface area contributed by atoms with E-state index >= 15 is 0 Å². The lowest BCUT2D eigenvalue weighted by atomic mass is 10.1. The molecule has 0 aliphatic rings. The number of hydrogen-bond acceptors (Lipinski definition) is 5. The Morgan fingerprint density at radius 1 is 0.759 bits per heavy atom. The van der Waals surface area contributed by atoms with Crippen molar-refractivity contribution in [2.45, 2.75) is 10.9 Å². The molecule has 0 aliphatic heterocycles. The van der Waals surface area contributed by atoms with Gasteiger partial charge in [0.25, 0.3) is 0 Å². The van der Waals surface area contributed by atoms with E-state index in [0.29, 0.717) is 16.8 Å². The second-order valence-electron chi connectivity index (χ2n) is 6.29. The van der Waals surface area contributed by atoms with Gasteiger partial charge in [-0.15, -0.1) is 0 Å². The molecule has 1 heterocycles. The molecule has 3 aromatic carbocycles. The Bertz CT molecular complexity index is 1060. The van der Waals surface area contributed by atoms with Crippen molar-refractivity contribution < 1.29 is 9.47 Å². The van der Waals surface area contributed by atoms with Crippen LogP contribution in [0, 0.1) is 0 Å². The van der Waals surface area contributed by atoms with Gasteiger partial charge in [-0.3, -0.25) is 0 Å². The van der Waals surface area contributed by atoms with E-state index < -0.39 is 0 Å². The minimum Gasteiger partial charge on any atom is -0.497 e. The van der Waals surface area contributed by atoms with Crippen LogP contribution in [0.4, 0.5) is 0 Å². The van der Waals surface area contributed by atoms with E-state index in [2.05, 4.69) is 17.1 Å². The topological polar surface area (TPSA) is 44.2 Å². The molecule has 4 rings (SSSR count). The summed E-state index contributed by atoms with van der Waals surface area (Å²) in [7, 11) is 1.64. The third-order valence-corrected chi connectivity index (χ3v) is 5.16. The van der Waals surface area contributed by atoms with Crippen LogP contribution >= 0.6 is 11.8 Å². The van der Waals surface area contributed by atoms with Gasteiger partial charge < -0.3 is 9.47 Å². The van der Waals surface area contributed by atoms with Crippen LogP contribution < -0.4 is 9.47 Å². The first-order valence-electron chi connectivity index (χ1n) is 9.23. The van der Waals surface area contributed by atoms with Crippen LogP contribution in [0.2, 0.25) is 0 Å². The summed E-state index contributed by atoms with van der Waals surface area (Å²) in [6.07, 6.45) is 0. The zero-order chi connectivity index (χ0) is 19.9. The minimum atomic E-state index is 0.514. The molecule has 0 saturated carbocycles. The van der Waals surface area contributed by atoms with Gasteiger partial charge in [0.2, 0.25) is 5.88 Å². The Kier molecular flexibility index (Phi) is 6.07. The van der Waals surface area contributed by atoms with Gasteiger partial charge in [-0.25, -0.2) is 4.98 Å². The third-order valence-electron chi connectivity index (χ3n) is 4.24. The highest BCUT2D eigenvalue weighted by Gasteiger charge is 2.10. The van der Waals surface area contributed by atoms with Crippen molar-refractivity contribution >= 4 is 11.8 Å². The molecule has 4 nitrogen and oxygen atoms in total. The number of thioether (sulfide) groups is 1. The number of ether oxygens (including phenoxy) is 2. The number of aromatic nitrogens is 2. The first-order chi connectivity index (χ1) is 14.3. The standard InChI is InChI=1S/C24H20N2O2S/c1-27-20-12-14-21(15-13-20)28-23-16-22(19-10-6-3-7-11-19)25-24(26-23)29-17-18-8-4-2-5-9-18/h2-16H,17H2,1H3. The molecule has 0 aliphatic carbocycles. The van der Waals surface area contributed by atoms with E-state index in [1.54, 1.807) is 18.9 Å². The largest absolute Gasteiger partial charge is 0.497 e. The van der Waals surface area contributed by atoms with Crippen LogP contribution in [-0.2, 0) is 5.75 Å². The molecule has 0 radical (unpaired) electrons. The van der Waals surface area contributed by atoms with Crippen LogP contribution in [0.5, 0.6) is 17.4 Å². The summed E-state index contributed by atoms with van der Waals surface area (Å²) >= 11 is 1.59. The highest BCUT2D eigenvalue weighted by molar-refractivity contribution is 7.98. The second kappa shape index (κ2) is 9.26. The predicted molar refractivity (Wildman–Crippen MR) is 117 cm³/mol. The zero-order valence-corrected chi connectivity index (χ0v) is 16.8. The molecule has 144 valence electrons. The molecule has 29 heavy (non-hydrogen) atoms. The highest BCUT2D eigenvalue weighted by Crippen LogP contribution is 2.29. The molecule has 0 spiro atoms. The Morgan fingerprint density at radius 3 is 2.10 bits per heavy atom. The average Bonchev–Trinajstić information content (AvgIpc) is 2.79. The van der Waals surface area contributed by atoms with Crippen molar-refractivity contribution in [3.63, 3.8) is 0 Å². The zero-order valence-electron chi connectivity index (χ0n) is 16.0. The summed E-state index contributed by atoms with van der Waals surface area (Å²) in [6, 6.07) is 29.7. The van der Waals surface area contributed by atoms with Gasteiger partial charge in [0.05, 0.1) is 12.8 Å². The summed E-state index contributed by atoms with van der Waals surface area (Å²) in [5.41, 5.74) is 3.08. The van der Waals surface area contributed by atoms with Crippen LogP contribution in [0.1, 0.15) is 5.56 Å². The lowest BCUT2D eigenvalue weighted by Gasteiger charge is -2.10. The molecule has 0 saturated heterocycles. The normalized spacial score (nSPS) is 10.5. The fourth-order valence-electron chi connectivity index (χ4n) is 2.76. The maximum Gasteiger partial charge on any atom is 0.223 e. The third kappa shape index (κ3) is 5.15. The van der Waals surface area contributed by atoms with Crippen molar-refractivity contribution in [3.05, 3.63) is 96.6 Å². The van der Waals surface area contributed by atoms with Gasteiger partial charge in [-0.1, -0.05) is 72.4 Å². The van der Waals surface area contributed by atoms with E-state index in [4.69, 9.17) is 14.5 Å². The van der Waals surface area contributed by atoms with E-state index in [1.165, 1.54) is 5.56 Å². The van der Waals surface area contributed by atoms with Crippen LogP contribution in [0.15, 0.2) is 96.2 Å². The molecule has 0 bridgehead atoms. The number of methoxy groups -OCH3 is 1. The quantitative estimate of drug-likeness (QED) is 0.271. The number of rotatable bonds is 7. The summed E-state index contributed by atoms with van der Waals surface area (Å²) in [6.45, 7) is 0. The van der Waals surface area contributed by atoms with Crippen LogP contribution in [0.3, 0.4) is 0 Å². The van der Waals surface area contributed by atoms with Gasteiger partial charge in [0.15, 0.2) is 5.16 Å². The first kappa shape index (κ1) is 19.0. The van der Waals surface area contributed by atoms with Crippen LogP contribution in [-0.4, -0.2) is 17.1 Å². The van der Waals surface area contributed by atoms with E-state index in [-0.39, 0.29) is 0 Å². The summed E-state index contributed by atoms with van der Waals surface area (Å²) in [5, 5.41) is 0.679. The number of hydrogen-bond donors (Lipinski definition) is 0. The SMILES string of the molecule is COc1ccc(Oc2cc(-c3ccccc3)nc(SCc3ccccc3)n2)cc1. The smallest absolute Gasteiger partial charge is 0.223 e. The van der Waals surface area contributed by atoms with Crippen LogP contribution in [0.25, 0.3) is 11.3 Å². The van der Waals surface area contributed by atoms with Crippen molar-refractivity contribution in [3.8, 4) is 28.6 Å².